The minimum atomic E-state index is -0.140. The quantitative estimate of drug-likeness (QED) is 0.802. The van der Waals surface area contributed by atoms with Crippen LogP contribution in [0.2, 0.25) is 0 Å². The first-order chi connectivity index (χ1) is 9.28. The molecule has 0 fully saturated rings. The Morgan fingerprint density at radius 2 is 2.26 bits per heavy atom. The lowest BCUT2D eigenvalue weighted by atomic mass is 9.97. The minimum absolute atomic E-state index is 0.140. The van der Waals surface area contributed by atoms with Gasteiger partial charge in [0.2, 0.25) is 0 Å². The fraction of sp³-hybridized carbons (Fsp3) is 0.375. The van der Waals surface area contributed by atoms with Gasteiger partial charge in [0.05, 0.1) is 0 Å². The molecular formula is C16H18FNS. The van der Waals surface area contributed by atoms with Crippen molar-refractivity contribution in [2.24, 2.45) is 0 Å². The highest BCUT2D eigenvalue weighted by atomic mass is 32.1. The van der Waals surface area contributed by atoms with Crippen LogP contribution in [0.15, 0.2) is 35.7 Å². The van der Waals surface area contributed by atoms with Crippen LogP contribution in [0.25, 0.3) is 0 Å². The third-order valence-electron chi connectivity index (χ3n) is 3.87. The predicted molar refractivity (Wildman–Crippen MR) is 77.9 cm³/mol. The highest BCUT2D eigenvalue weighted by molar-refractivity contribution is 7.10. The summed E-state index contributed by atoms with van der Waals surface area (Å²) in [4.78, 5) is 4.01. The highest BCUT2D eigenvalue weighted by Crippen LogP contribution is 2.35. The summed E-state index contributed by atoms with van der Waals surface area (Å²) in [5, 5.41) is 2.19. The second-order valence-corrected chi connectivity index (χ2v) is 6.07. The molecule has 2 aromatic rings. The molecule has 2 heterocycles. The zero-order valence-electron chi connectivity index (χ0n) is 11.1. The number of halogens is 1. The van der Waals surface area contributed by atoms with Crippen LogP contribution in [-0.4, -0.2) is 11.4 Å². The zero-order valence-corrected chi connectivity index (χ0v) is 11.9. The standard InChI is InChI=1S/C16H18FNS/c1-2-15-14-7-9-19-16(14)6-8-18(15)11-12-4-3-5-13(17)10-12/h3-5,7,9-10,15H,2,6,8,11H2,1H3. The molecule has 1 atom stereocenters. The third-order valence-corrected chi connectivity index (χ3v) is 4.86. The fourth-order valence-corrected chi connectivity index (χ4v) is 3.91. The van der Waals surface area contributed by atoms with E-state index < -0.39 is 0 Å². The number of thiophene rings is 1. The van der Waals surface area contributed by atoms with E-state index in [1.165, 1.54) is 16.5 Å². The number of rotatable bonds is 3. The molecule has 1 aromatic heterocycles. The lowest BCUT2D eigenvalue weighted by molar-refractivity contribution is 0.173. The van der Waals surface area contributed by atoms with Crippen LogP contribution < -0.4 is 0 Å². The van der Waals surface area contributed by atoms with Gasteiger partial charge in [-0.1, -0.05) is 19.1 Å². The van der Waals surface area contributed by atoms with E-state index in [2.05, 4.69) is 23.3 Å². The van der Waals surface area contributed by atoms with Gasteiger partial charge in [-0.3, -0.25) is 4.90 Å². The van der Waals surface area contributed by atoms with Gasteiger partial charge >= 0.3 is 0 Å². The Morgan fingerprint density at radius 1 is 1.37 bits per heavy atom. The first-order valence-corrected chi connectivity index (χ1v) is 7.70. The van der Waals surface area contributed by atoms with E-state index in [-0.39, 0.29) is 5.82 Å². The van der Waals surface area contributed by atoms with Gasteiger partial charge in [-0.25, -0.2) is 4.39 Å². The van der Waals surface area contributed by atoms with Crippen molar-refractivity contribution < 1.29 is 4.39 Å². The molecule has 0 aliphatic carbocycles. The van der Waals surface area contributed by atoms with Gasteiger partial charge in [-0.05, 0) is 47.5 Å². The van der Waals surface area contributed by atoms with Crippen molar-refractivity contribution in [1.82, 2.24) is 4.90 Å². The monoisotopic (exact) mass is 275 g/mol. The Balaban J connectivity index is 1.82. The molecule has 0 amide bonds. The lowest BCUT2D eigenvalue weighted by Crippen LogP contribution is -2.33. The summed E-state index contributed by atoms with van der Waals surface area (Å²) in [5.74, 6) is -0.140. The largest absolute Gasteiger partial charge is 0.292 e. The molecule has 1 aliphatic heterocycles. The summed E-state index contributed by atoms with van der Waals surface area (Å²) >= 11 is 1.87. The molecule has 1 nitrogen and oxygen atoms in total. The molecule has 0 radical (unpaired) electrons. The number of hydrogen-bond donors (Lipinski definition) is 0. The molecule has 1 aromatic carbocycles. The molecule has 0 saturated carbocycles. The normalized spacial score (nSPS) is 19.4. The summed E-state index contributed by atoms with van der Waals surface area (Å²) in [7, 11) is 0. The van der Waals surface area contributed by atoms with Crippen LogP contribution >= 0.6 is 11.3 Å². The summed E-state index contributed by atoms with van der Waals surface area (Å²) in [6, 6.07) is 9.71. The maximum absolute atomic E-state index is 13.3. The van der Waals surface area contributed by atoms with Gasteiger partial charge in [0, 0.05) is 24.0 Å². The van der Waals surface area contributed by atoms with Crippen molar-refractivity contribution in [2.45, 2.75) is 32.4 Å². The topological polar surface area (TPSA) is 3.24 Å². The summed E-state index contributed by atoms with van der Waals surface area (Å²) in [6.45, 7) is 4.14. The Morgan fingerprint density at radius 3 is 3.05 bits per heavy atom. The van der Waals surface area contributed by atoms with Crippen molar-refractivity contribution in [1.29, 1.82) is 0 Å². The van der Waals surface area contributed by atoms with E-state index in [9.17, 15) is 4.39 Å². The number of fused-ring (bicyclic) bond motifs is 1. The molecule has 3 rings (SSSR count). The Hall–Kier alpha value is -1.19. The predicted octanol–water partition coefficient (Wildman–Crippen LogP) is 4.40. The summed E-state index contributed by atoms with van der Waals surface area (Å²) < 4.78 is 13.3. The summed E-state index contributed by atoms with van der Waals surface area (Å²) in [5.41, 5.74) is 2.55. The third kappa shape index (κ3) is 2.58. The average molecular weight is 275 g/mol. The van der Waals surface area contributed by atoms with Crippen LogP contribution in [0, 0.1) is 5.82 Å². The van der Waals surface area contributed by atoms with Gasteiger partial charge in [0.1, 0.15) is 5.82 Å². The Labute approximate surface area is 117 Å². The van der Waals surface area contributed by atoms with E-state index in [1.54, 1.807) is 12.1 Å². The van der Waals surface area contributed by atoms with Gasteiger partial charge in [-0.15, -0.1) is 11.3 Å². The molecule has 19 heavy (non-hydrogen) atoms. The van der Waals surface area contributed by atoms with Crippen LogP contribution in [0.5, 0.6) is 0 Å². The molecule has 0 saturated heterocycles. The van der Waals surface area contributed by atoms with Gasteiger partial charge in [-0.2, -0.15) is 0 Å². The smallest absolute Gasteiger partial charge is 0.123 e. The van der Waals surface area contributed by atoms with E-state index in [0.29, 0.717) is 6.04 Å². The lowest BCUT2D eigenvalue weighted by Gasteiger charge is -2.35. The van der Waals surface area contributed by atoms with Crippen molar-refractivity contribution in [3.63, 3.8) is 0 Å². The second kappa shape index (κ2) is 5.43. The highest BCUT2D eigenvalue weighted by Gasteiger charge is 2.26. The maximum atomic E-state index is 13.3. The molecule has 100 valence electrons. The zero-order chi connectivity index (χ0) is 13.2. The molecule has 1 aliphatic rings. The van der Waals surface area contributed by atoms with Gasteiger partial charge in [0.25, 0.3) is 0 Å². The fourth-order valence-electron chi connectivity index (χ4n) is 2.99. The first-order valence-electron chi connectivity index (χ1n) is 6.82. The maximum Gasteiger partial charge on any atom is 0.123 e. The number of benzene rings is 1. The first kappa shape index (κ1) is 12.8. The van der Waals surface area contributed by atoms with Crippen LogP contribution in [0.1, 0.15) is 35.4 Å². The molecule has 0 bridgehead atoms. The van der Waals surface area contributed by atoms with E-state index in [1.807, 2.05) is 17.4 Å². The van der Waals surface area contributed by atoms with Crippen molar-refractivity contribution >= 4 is 11.3 Å². The van der Waals surface area contributed by atoms with Crippen LogP contribution in [0.3, 0.4) is 0 Å². The average Bonchev–Trinajstić information content (AvgIpc) is 2.87. The van der Waals surface area contributed by atoms with E-state index in [0.717, 1.165) is 31.5 Å². The van der Waals surface area contributed by atoms with Crippen molar-refractivity contribution in [3.05, 3.63) is 57.5 Å². The molecule has 0 spiro atoms. The molecular weight excluding hydrogens is 257 g/mol. The minimum Gasteiger partial charge on any atom is -0.292 e. The SMILES string of the molecule is CCC1c2ccsc2CCN1Cc1cccc(F)c1. The van der Waals surface area contributed by atoms with Crippen LogP contribution in [-0.2, 0) is 13.0 Å². The van der Waals surface area contributed by atoms with Gasteiger partial charge < -0.3 is 0 Å². The van der Waals surface area contributed by atoms with E-state index in [4.69, 9.17) is 0 Å². The van der Waals surface area contributed by atoms with Crippen LogP contribution in [0.4, 0.5) is 4.39 Å². The van der Waals surface area contributed by atoms with Crippen molar-refractivity contribution in [2.75, 3.05) is 6.54 Å². The molecule has 0 N–H and O–H groups in total. The number of hydrogen-bond acceptors (Lipinski definition) is 2. The number of nitrogens with zero attached hydrogens (tertiary/aromatic N) is 1. The van der Waals surface area contributed by atoms with E-state index >= 15 is 0 Å². The second-order valence-electron chi connectivity index (χ2n) is 5.07. The summed E-state index contributed by atoms with van der Waals surface area (Å²) in [6.07, 6.45) is 2.23. The Bertz CT molecular complexity index is 563. The Kier molecular flexibility index (Phi) is 3.67. The molecule has 1 unspecified atom stereocenters. The van der Waals surface area contributed by atoms with Crippen molar-refractivity contribution in [3.8, 4) is 0 Å². The van der Waals surface area contributed by atoms with Gasteiger partial charge in [0.15, 0.2) is 0 Å². The molecule has 3 heteroatoms.